The minimum Gasteiger partial charge on any atom is -0.249 e. The van der Waals surface area contributed by atoms with E-state index in [1.165, 1.54) is 0 Å². The van der Waals surface area contributed by atoms with Crippen LogP contribution in [0.15, 0.2) is 188 Å². The molecule has 0 fully saturated rings. The van der Waals surface area contributed by atoms with Crippen molar-refractivity contribution in [3.63, 3.8) is 0 Å². The van der Waals surface area contributed by atoms with Crippen molar-refractivity contribution in [2.75, 3.05) is 0 Å². The summed E-state index contributed by atoms with van der Waals surface area (Å²) < 4.78 is 0. The van der Waals surface area contributed by atoms with Crippen LogP contribution in [0.1, 0.15) is 22.3 Å². The van der Waals surface area contributed by atoms with Crippen molar-refractivity contribution in [2.45, 2.75) is 0 Å². The average Bonchev–Trinajstić information content (AvgIpc) is 3.95. The van der Waals surface area contributed by atoms with Crippen LogP contribution in [0.4, 0.5) is 0 Å². The van der Waals surface area contributed by atoms with Crippen LogP contribution in [0, 0.1) is 0 Å². The highest BCUT2D eigenvalue weighted by Gasteiger charge is 2.33. The Kier molecular flexibility index (Phi) is 11.0. The SMILES string of the molecule is Cl.Clc1ccc(C2=CC3=CC4=NC(=CC5=NC(=CC6=NC(=C(c7ccc(Cl)cc7)C2=N3)C(c2ccc(Cl)cc2)=C6c2ccc(Cl)cc2)C=C5)C=C4)cc1.[AlH3]. The van der Waals surface area contributed by atoms with Crippen molar-refractivity contribution < 1.29 is 0 Å². The fourth-order valence-electron chi connectivity index (χ4n) is 6.68. The predicted molar refractivity (Wildman–Crippen MR) is 237 cm³/mol. The van der Waals surface area contributed by atoms with Gasteiger partial charge in [-0.05, 0) is 119 Å². The molecule has 4 nitrogen and oxygen atoms in total. The third-order valence-corrected chi connectivity index (χ3v) is 10.0. The van der Waals surface area contributed by atoms with E-state index >= 15 is 0 Å². The van der Waals surface area contributed by atoms with Crippen molar-refractivity contribution in [3.8, 4) is 0 Å². The van der Waals surface area contributed by atoms with Gasteiger partial charge in [0.05, 0.1) is 45.6 Å². The van der Waals surface area contributed by atoms with E-state index in [0.717, 1.165) is 90.2 Å². The highest BCUT2D eigenvalue weighted by molar-refractivity contribution is 6.50. The summed E-state index contributed by atoms with van der Waals surface area (Å²) in [7, 11) is 0. The summed E-state index contributed by atoms with van der Waals surface area (Å²) in [6, 6.07) is 31.3. The van der Waals surface area contributed by atoms with Crippen molar-refractivity contribution in [1.29, 1.82) is 0 Å². The highest BCUT2D eigenvalue weighted by Crippen LogP contribution is 2.46. The molecule has 5 heterocycles. The topological polar surface area (TPSA) is 49.4 Å². The quantitative estimate of drug-likeness (QED) is 0.184. The number of fused-ring (bicyclic) bond motifs is 4. The van der Waals surface area contributed by atoms with Crippen LogP contribution >= 0.6 is 58.8 Å². The summed E-state index contributed by atoms with van der Waals surface area (Å²) in [5.41, 5.74) is 13.4. The van der Waals surface area contributed by atoms with Crippen molar-refractivity contribution in [3.05, 3.63) is 211 Å². The number of hydrogen-bond donors (Lipinski definition) is 0. The van der Waals surface area contributed by atoms with Gasteiger partial charge in [0.2, 0.25) is 0 Å². The number of allylic oxidation sites excluding steroid dienone is 12. The Balaban J connectivity index is 0.00000225. The maximum absolute atomic E-state index is 6.49. The average molecular weight is 817 g/mol. The zero-order valence-electron chi connectivity index (χ0n) is 27.6. The van der Waals surface area contributed by atoms with Gasteiger partial charge in [-0.2, -0.15) is 0 Å². The van der Waals surface area contributed by atoms with Crippen molar-refractivity contribution in [2.24, 2.45) is 20.0 Å². The summed E-state index contributed by atoms with van der Waals surface area (Å²) in [5.74, 6) is 0. The van der Waals surface area contributed by atoms with E-state index < -0.39 is 0 Å². The molecule has 9 rings (SSSR count). The third kappa shape index (κ3) is 7.43. The van der Waals surface area contributed by atoms with Crippen molar-refractivity contribution in [1.82, 2.24) is 0 Å². The van der Waals surface area contributed by atoms with E-state index in [-0.39, 0.29) is 29.8 Å². The summed E-state index contributed by atoms with van der Waals surface area (Å²) in [5, 5.41) is 2.54. The van der Waals surface area contributed by atoms with Gasteiger partial charge in [-0.15, -0.1) is 12.4 Å². The first-order chi connectivity index (χ1) is 25.3. The minimum absolute atomic E-state index is 0. The minimum atomic E-state index is 0. The summed E-state index contributed by atoms with van der Waals surface area (Å²) in [6.45, 7) is 0. The number of hydrogen-bond acceptors (Lipinski definition) is 4. The molecule has 4 aromatic carbocycles. The van der Waals surface area contributed by atoms with Crippen molar-refractivity contribution >= 4 is 121 Å². The molecule has 0 N–H and O–H groups in total. The number of benzene rings is 4. The number of halogens is 5. The largest absolute Gasteiger partial charge is 0.249 e. The molecular formula is C44H28AlCl5N4. The summed E-state index contributed by atoms with van der Waals surface area (Å²) in [6.07, 6.45) is 16.0. The first kappa shape index (κ1) is 37.8. The monoisotopic (exact) mass is 814 g/mol. The molecule has 10 heteroatoms. The Bertz CT molecular complexity index is 2600. The Morgan fingerprint density at radius 2 is 0.796 bits per heavy atom. The van der Waals surface area contributed by atoms with E-state index in [1.54, 1.807) is 0 Å². The van der Waals surface area contributed by atoms with Gasteiger partial charge in [-0.3, -0.25) is 0 Å². The molecule has 262 valence electrons. The molecule has 8 bridgehead atoms. The lowest BCUT2D eigenvalue weighted by Crippen LogP contribution is -2.07. The van der Waals surface area contributed by atoms with Gasteiger partial charge in [0.25, 0.3) is 0 Å². The van der Waals surface area contributed by atoms with E-state index in [9.17, 15) is 0 Å². The highest BCUT2D eigenvalue weighted by atomic mass is 35.5. The van der Waals surface area contributed by atoms with Gasteiger partial charge in [0.15, 0.2) is 17.4 Å². The zero-order chi connectivity index (χ0) is 35.3. The molecule has 54 heavy (non-hydrogen) atoms. The third-order valence-electron chi connectivity index (χ3n) is 9.03. The maximum atomic E-state index is 6.49. The number of nitrogens with zero attached hydrogens (tertiary/aromatic N) is 4. The normalized spacial score (nSPS) is 16.8. The standard InChI is InChI=1S/C44H24Cl4N4.Al.ClH.3H/c45-29-9-1-25(2-10-29)38-23-37-22-35-18-17-33(49-35)21-34-19-20-36(50-34)24-39-40(26-3-11-30(46)12-4-26)41(27-5-13-31(47)14-6-27)44(52-39)42(43(38)51-37)28-7-15-32(48)16-8-28;;;;;/h1-24H;;1H;;;. The second kappa shape index (κ2) is 15.7. The molecule has 0 saturated heterocycles. The summed E-state index contributed by atoms with van der Waals surface area (Å²) >= 11 is 25.8. The van der Waals surface area contributed by atoms with Crippen LogP contribution < -0.4 is 0 Å². The first-order valence-electron chi connectivity index (χ1n) is 16.5. The van der Waals surface area contributed by atoms with Gasteiger partial charge < -0.3 is 0 Å². The molecule has 5 aliphatic rings. The Labute approximate surface area is 349 Å². The smallest absolute Gasteiger partial charge is 0.187 e. The fraction of sp³-hybridized carbons (Fsp3) is 0. The fourth-order valence-corrected chi connectivity index (χ4v) is 7.18. The second-order valence-electron chi connectivity index (χ2n) is 12.5. The van der Waals surface area contributed by atoms with Crippen LogP contribution in [-0.4, -0.2) is 40.2 Å². The van der Waals surface area contributed by atoms with Crippen LogP contribution in [0.3, 0.4) is 0 Å². The molecule has 0 aliphatic carbocycles. The number of rotatable bonds is 4. The maximum Gasteiger partial charge on any atom is 0.187 e. The second-order valence-corrected chi connectivity index (χ2v) is 14.2. The molecule has 5 aliphatic heterocycles. The Morgan fingerprint density at radius 1 is 0.370 bits per heavy atom. The van der Waals surface area contributed by atoms with Crippen LogP contribution in [0.25, 0.3) is 22.3 Å². The first-order valence-corrected chi connectivity index (χ1v) is 18.0. The van der Waals surface area contributed by atoms with Gasteiger partial charge in [-0.1, -0.05) is 94.9 Å². The van der Waals surface area contributed by atoms with Crippen LogP contribution in [0.5, 0.6) is 0 Å². The summed E-state index contributed by atoms with van der Waals surface area (Å²) in [4.78, 5) is 20.7. The van der Waals surface area contributed by atoms with E-state index in [2.05, 4.69) is 6.08 Å². The molecular weight excluding hydrogens is 789 g/mol. The Morgan fingerprint density at radius 3 is 1.31 bits per heavy atom. The van der Waals surface area contributed by atoms with Gasteiger partial charge in [0.1, 0.15) is 0 Å². The molecule has 0 saturated carbocycles. The Hall–Kier alpha value is -4.54. The molecule has 0 atom stereocenters. The van der Waals surface area contributed by atoms with Gasteiger partial charge >= 0.3 is 0 Å². The molecule has 0 radical (unpaired) electrons. The zero-order valence-corrected chi connectivity index (χ0v) is 31.4. The predicted octanol–water partition coefficient (Wildman–Crippen LogP) is 11.5. The van der Waals surface area contributed by atoms with Crippen LogP contribution in [0.2, 0.25) is 20.1 Å². The molecule has 0 amide bonds. The van der Waals surface area contributed by atoms with Gasteiger partial charge in [0, 0.05) is 42.4 Å². The lowest BCUT2D eigenvalue weighted by molar-refractivity contribution is 1.41. The lowest BCUT2D eigenvalue weighted by atomic mass is 9.86. The molecule has 0 unspecified atom stereocenters. The lowest BCUT2D eigenvalue weighted by Gasteiger charge is -2.17. The number of aliphatic imine (C=N–C) groups is 4. The van der Waals surface area contributed by atoms with E-state index in [4.69, 9.17) is 66.4 Å². The molecule has 0 spiro atoms. The van der Waals surface area contributed by atoms with E-state index in [0.29, 0.717) is 20.1 Å². The van der Waals surface area contributed by atoms with Gasteiger partial charge in [-0.25, -0.2) is 20.0 Å². The van der Waals surface area contributed by atoms with E-state index in [1.807, 2.05) is 140 Å². The van der Waals surface area contributed by atoms with Crippen LogP contribution in [-0.2, 0) is 0 Å². The molecule has 4 aromatic rings. The molecule has 0 aromatic heterocycles.